The molecule has 3 rings (SSSR count). The second-order valence-corrected chi connectivity index (χ2v) is 5.74. The predicted molar refractivity (Wildman–Crippen MR) is 84.0 cm³/mol. The minimum Gasteiger partial charge on any atom is -0.479 e. The Balaban J connectivity index is 1.89. The summed E-state index contributed by atoms with van der Waals surface area (Å²) in [5.41, 5.74) is 1.54. The monoisotopic (exact) mass is 332 g/mol. The van der Waals surface area contributed by atoms with Crippen molar-refractivity contribution in [2.24, 2.45) is 0 Å². The van der Waals surface area contributed by atoms with Crippen LogP contribution in [0.2, 0.25) is 0 Å². The van der Waals surface area contributed by atoms with Gasteiger partial charge in [0.1, 0.15) is 12.3 Å². The van der Waals surface area contributed by atoms with Gasteiger partial charge in [-0.3, -0.25) is 9.20 Å². The standard InChI is InChI=1S/C14H12N4O4S/c1-8-3-4-11(13(15-8)18(20)21)22-6-10-5-12(19)17-9(2)7-23-14(17)16-10/h3-5,7H,6H2,1-2H3. The summed E-state index contributed by atoms with van der Waals surface area (Å²) in [7, 11) is 0. The number of fused-ring (bicyclic) bond motifs is 1. The lowest BCUT2D eigenvalue weighted by Crippen LogP contribution is -2.16. The number of nitrogens with zero attached hydrogens (tertiary/aromatic N) is 4. The molecule has 0 aliphatic rings. The molecule has 0 saturated heterocycles. The molecule has 0 atom stereocenters. The zero-order valence-electron chi connectivity index (χ0n) is 12.3. The van der Waals surface area contributed by atoms with E-state index in [1.165, 1.54) is 27.9 Å². The highest BCUT2D eigenvalue weighted by atomic mass is 32.1. The Labute approximate surface area is 134 Å². The molecule has 0 spiro atoms. The molecule has 23 heavy (non-hydrogen) atoms. The minimum atomic E-state index is -0.601. The van der Waals surface area contributed by atoms with Crippen LogP contribution in [0.15, 0.2) is 28.4 Å². The van der Waals surface area contributed by atoms with Crippen molar-refractivity contribution in [3.63, 3.8) is 0 Å². The maximum atomic E-state index is 12.1. The molecule has 0 bridgehead atoms. The summed E-state index contributed by atoms with van der Waals surface area (Å²) in [6.07, 6.45) is 0. The highest BCUT2D eigenvalue weighted by Crippen LogP contribution is 2.25. The summed E-state index contributed by atoms with van der Waals surface area (Å²) < 4.78 is 6.94. The Morgan fingerprint density at radius 2 is 2.13 bits per heavy atom. The maximum absolute atomic E-state index is 12.1. The number of nitro groups is 1. The normalized spacial score (nSPS) is 10.9. The third-order valence-electron chi connectivity index (χ3n) is 3.16. The van der Waals surface area contributed by atoms with E-state index >= 15 is 0 Å². The number of hydrogen-bond donors (Lipinski definition) is 0. The van der Waals surface area contributed by atoms with Gasteiger partial charge in [0, 0.05) is 24.1 Å². The summed E-state index contributed by atoms with van der Waals surface area (Å²) in [4.78, 5) is 31.2. The van der Waals surface area contributed by atoms with Crippen LogP contribution < -0.4 is 10.3 Å². The van der Waals surface area contributed by atoms with Gasteiger partial charge in [0.2, 0.25) is 5.75 Å². The van der Waals surface area contributed by atoms with E-state index in [1.54, 1.807) is 13.0 Å². The van der Waals surface area contributed by atoms with E-state index in [2.05, 4.69) is 9.97 Å². The van der Waals surface area contributed by atoms with Crippen molar-refractivity contribution in [2.45, 2.75) is 20.5 Å². The van der Waals surface area contributed by atoms with E-state index in [-0.39, 0.29) is 23.7 Å². The van der Waals surface area contributed by atoms with Crippen LogP contribution in [0.4, 0.5) is 5.82 Å². The van der Waals surface area contributed by atoms with Gasteiger partial charge in [-0.1, -0.05) is 0 Å². The number of rotatable bonds is 4. The molecule has 0 radical (unpaired) electrons. The van der Waals surface area contributed by atoms with Crippen LogP contribution in [0.1, 0.15) is 17.1 Å². The largest absolute Gasteiger partial charge is 0.479 e. The minimum absolute atomic E-state index is 0.0463. The molecule has 3 aromatic rings. The Bertz CT molecular complexity index is 963. The van der Waals surface area contributed by atoms with E-state index in [9.17, 15) is 14.9 Å². The van der Waals surface area contributed by atoms with Crippen molar-refractivity contribution < 1.29 is 9.66 Å². The van der Waals surface area contributed by atoms with Crippen LogP contribution in [0.3, 0.4) is 0 Å². The molecule has 0 N–H and O–H groups in total. The molecule has 0 unspecified atom stereocenters. The molecule has 0 aliphatic carbocycles. The van der Waals surface area contributed by atoms with E-state index in [1.807, 2.05) is 12.3 Å². The summed E-state index contributed by atoms with van der Waals surface area (Å²) in [5.74, 6) is -0.306. The van der Waals surface area contributed by atoms with Crippen molar-refractivity contribution in [3.8, 4) is 5.75 Å². The van der Waals surface area contributed by atoms with Gasteiger partial charge in [0.25, 0.3) is 5.56 Å². The first-order valence-corrected chi connectivity index (χ1v) is 7.55. The Hall–Kier alpha value is -2.81. The average Bonchev–Trinajstić information content (AvgIpc) is 2.87. The first-order chi connectivity index (χ1) is 11.0. The fourth-order valence-corrected chi connectivity index (χ4v) is 2.99. The van der Waals surface area contributed by atoms with Crippen LogP contribution in [0.25, 0.3) is 4.96 Å². The number of ether oxygens (including phenoxy) is 1. The fourth-order valence-electron chi connectivity index (χ4n) is 2.10. The van der Waals surface area contributed by atoms with Gasteiger partial charge in [-0.05, 0) is 29.0 Å². The van der Waals surface area contributed by atoms with Gasteiger partial charge in [-0.2, -0.15) is 0 Å². The van der Waals surface area contributed by atoms with Gasteiger partial charge in [-0.15, -0.1) is 11.3 Å². The highest BCUT2D eigenvalue weighted by molar-refractivity contribution is 7.15. The summed E-state index contributed by atoms with van der Waals surface area (Å²) in [6.45, 7) is 3.44. The maximum Gasteiger partial charge on any atom is 0.406 e. The van der Waals surface area contributed by atoms with Gasteiger partial charge in [0.05, 0.1) is 5.69 Å². The molecular formula is C14H12N4O4S. The number of thiazole rings is 1. The molecule has 9 heteroatoms. The Morgan fingerprint density at radius 3 is 2.87 bits per heavy atom. The van der Waals surface area contributed by atoms with Crippen LogP contribution in [0.5, 0.6) is 5.75 Å². The molecule has 118 valence electrons. The average molecular weight is 332 g/mol. The fraction of sp³-hybridized carbons (Fsp3) is 0.214. The van der Waals surface area contributed by atoms with Crippen LogP contribution in [-0.4, -0.2) is 19.3 Å². The third kappa shape index (κ3) is 2.90. The van der Waals surface area contributed by atoms with Gasteiger partial charge >= 0.3 is 5.82 Å². The molecular weight excluding hydrogens is 320 g/mol. The van der Waals surface area contributed by atoms with Crippen LogP contribution in [-0.2, 0) is 6.61 Å². The topological polar surface area (TPSA) is 99.6 Å². The summed E-state index contributed by atoms with van der Waals surface area (Å²) in [6, 6.07) is 4.47. The van der Waals surface area contributed by atoms with Crippen molar-refractivity contribution in [3.05, 3.63) is 61.1 Å². The molecule has 0 aliphatic heterocycles. The second-order valence-electron chi connectivity index (χ2n) is 4.90. The number of pyridine rings is 1. The first-order valence-electron chi connectivity index (χ1n) is 6.67. The lowest BCUT2D eigenvalue weighted by atomic mass is 10.3. The number of aromatic nitrogens is 3. The van der Waals surface area contributed by atoms with E-state index in [0.717, 1.165) is 5.69 Å². The van der Waals surface area contributed by atoms with E-state index in [4.69, 9.17) is 4.74 Å². The van der Waals surface area contributed by atoms with Gasteiger partial charge in [-0.25, -0.2) is 4.98 Å². The second kappa shape index (κ2) is 5.76. The molecule has 3 aromatic heterocycles. The quantitative estimate of drug-likeness (QED) is 0.536. The SMILES string of the molecule is Cc1ccc(OCc2cc(=O)n3c(C)csc3n2)c([N+](=O)[O-])n1. The molecule has 0 saturated carbocycles. The van der Waals surface area contributed by atoms with Crippen LogP contribution >= 0.6 is 11.3 Å². The summed E-state index contributed by atoms with van der Waals surface area (Å²) >= 11 is 1.35. The predicted octanol–water partition coefficient (Wildman–Crippen LogP) is 2.26. The smallest absolute Gasteiger partial charge is 0.406 e. The van der Waals surface area contributed by atoms with E-state index < -0.39 is 4.92 Å². The molecule has 0 aromatic carbocycles. The molecule has 8 nitrogen and oxygen atoms in total. The molecule has 3 heterocycles. The number of hydrogen-bond acceptors (Lipinski definition) is 7. The molecule has 0 fully saturated rings. The lowest BCUT2D eigenvalue weighted by Gasteiger charge is -2.06. The lowest BCUT2D eigenvalue weighted by molar-refractivity contribution is -0.390. The number of aryl methyl sites for hydroxylation is 2. The third-order valence-corrected chi connectivity index (χ3v) is 4.10. The Kier molecular flexibility index (Phi) is 3.78. The zero-order valence-corrected chi connectivity index (χ0v) is 13.2. The van der Waals surface area contributed by atoms with Crippen molar-refractivity contribution >= 4 is 22.1 Å². The van der Waals surface area contributed by atoms with Crippen molar-refractivity contribution in [1.29, 1.82) is 0 Å². The van der Waals surface area contributed by atoms with Crippen molar-refractivity contribution in [2.75, 3.05) is 0 Å². The zero-order chi connectivity index (χ0) is 16.6. The van der Waals surface area contributed by atoms with Gasteiger partial charge < -0.3 is 14.9 Å². The van der Waals surface area contributed by atoms with Crippen molar-refractivity contribution in [1.82, 2.24) is 14.4 Å². The molecule has 0 amide bonds. The van der Waals surface area contributed by atoms with E-state index in [0.29, 0.717) is 16.3 Å². The van der Waals surface area contributed by atoms with Gasteiger partial charge in [0.15, 0.2) is 4.96 Å². The van der Waals surface area contributed by atoms with Crippen LogP contribution in [0, 0.1) is 24.0 Å². The highest BCUT2D eigenvalue weighted by Gasteiger charge is 2.18. The summed E-state index contributed by atoms with van der Waals surface area (Å²) in [5, 5.41) is 12.8. The first kappa shape index (κ1) is 15.1. The Morgan fingerprint density at radius 1 is 1.35 bits per heavy atom.